The summed E-state index contributed by atoms with van der Waals surface area (Å²) in [6.45, 7) is 0. The van der Waals surface area contributed by atoms with E-state index in [2.05, 4.69) is 20.1 Å². The quantitative estimate of drug-likeness (QED) is 0.712. The Morgan fingerprint density at radius 1 is 1.33 bits per heavy atom. The molecule has 0 saturated carbocycles. The molecule has 0 spiro atoms. The van der Waals surface area contributed by atoms with Gasteiger partial charge in [0.2, 0.25) is 5.82 Å². The molecule has 0 aromatic carbocycles. The van der Waals surface area contributed by atoms with Gasteiger partial charge in [-0.15, -0.1) is 11.3 Å². The summed E-state index contributed by atoms with van der Waals surface area (Å²) in [7, 11) is 0. The van der Waals surface area contributed by atoms with Crippen LogP contribution >= 0.6 is 11.3 Å². The summed E-state index contributed by atoms with van der Waals surface area (Å²) in [6, 6.07) is 3.71. The van der Waals surface area contributed by atoms with Crippen molar-refractivity contribution in [3.63, 3.8) is 0 Å². The van der Waals surface area contributed by atoms with Crippen molar-refractivity contribution in [2.45, 2.75) is 0 Å². The first-order valence-electron chi connectivity index (χ1n) is 4.94. The van der Waals surface area contributed by atoms with Crippen LogP contribution in [0.4, 0.5) is 0 Å². The molecule has 3 heterocycles. The molecule has 0 bridgehead atoms. The van der Waals surface area contributed by atoms with Gasteiger partial charge in [0.1, 0.15) is 5.56 Å². The van der Waals surface area contributed by atoms with Gasteiger partial charge in [0.05, 0.1) is 4.88 Å². The number of nitrogens with one attached hydrogen (secondary N) is 2. The number of nitrogens with zero attached hydrogens (tertiary/aromatic N) is 2. The van der Waals surface area contributed by atoms with Gasteiger partial charge in [-0.3, -0.25) is 9.78 Å². The summed E-state index contributed by atoms with van der Waals surface area (Å²) in [4.78, 5) is 31.8. The number of thiophene rings is 1. The lowest BCUT2D eigenvalue weighted by Gasteiger charge is -1.90. The van der Waals surface area contributed by atoms with Crippen LogP contribution in [0.2, 0.25) is 0 Å². The van der Waals surface area contributed by atoms with Crippen LogP contribution < -0.4 is 11.2 Å². The average molecular weight is 262 g/mol. The van der Waals surface area contributed by atoms with E-state index in [0.717, 1.165) is 4.88 Å². The Morgan fingerprint density at radius 3 is 2.94 bits per heavy atom. The highest BCUT2D eigenvalue weighted by Crippen LogP contribution is 2.23. The van der Waals surface area contributed by atoms with E-state index in [4.69, 9.17) is 4.52 Å². The number of aromatic amines is 2. The van der Waals surface area contributed by atoms with Gasteiger partial charge in [-0.1, -0.05) is 11.2 Å². The molecule has 0 aliphatic heterocycles. The van der Waals surface area contributed by atoms with E-state index in [-0.39, 0.29) is 11.5 Å². The molecule has 18 heavy (non-hydrogen) atoms. The van der Waals surface area contributed by atoms with Gasteiger partial charge in [-0.2, -0.15) is 4.98 Å². The van der Waals surface area contributed by atoms with Crippen molar-refractivity contribution in [1.29, 1.82) is 0 Å². The molecule has 0 saturated heterocycles. The first-order chi connectivity index (χ1) is 8.74. The number of rotatable bonds is 2. The van der Waals surface area contributed by atoms with Gasteiger partial charge in [-0.25, -0.2) is 4.79 Å². The van der Waals surface area contributed by atoms with Crippen molar-refractivity contribution < 1.29 is 4.52 Å². The van der Waals surface area contributed by atoms with Crippen LogP contribution in [-0.2, 0) is 0 Å². The van der Waals surface area contributed by atoms with E-state index in [1.54, 1.807) is 0 Å². The lowest BCUT2D eigenvalue weighted by molar-refractivity contribution is 0.431. The number of hydrogen-bond acceptors (Lipinski definition) is 6. The number of aromatic nitrogens is 4. The van der Waals surface area contributed by atoms with E-state index < -0.39 is 11.2 Å². The van der Waals surface area contributed by atoms with Crippen LogP contribution in [0.25, 0.3) is 22.2 Å². The van der Waals surface area contributed by atoms with E-state index >= 15 is 0 Å². The highest BCUT2D eigenvalue weighted by atomic mass is 32.1. The summed E-state index contributed by atoms with van der Waals surface area (Å²) < 4.78 is 5.00. The normalized spacial score (nSPS) is 10.7. The Kier molecular flexibility index (Phi) is 2.41. The van der Waals surface area contributed by atoms with Crippen LogP contribution in [0, 0.1) is 0 Å². The molecule has 2 N–H and O–H groups in total. The Hall–Kier alpha value is -2.48. The second-order valence-corrected chi connectivity index (χ2v) is 4.33. The average Bonchev–Trinajstić information content (AvgIpc) is 2.99. The van der Waals surface area contributed by atoms with E-state index in [1.165, 1.54) is 17.5 Å². The predicted molar refractivity (Wildman–Crippen MR) is 64.3 cm³/mol. The zero-order chi connectivity index (χ0) is 12.5. The zero-order valence-corrected chi connectivity index (χ0v) is 9.65. The van der Waals surface area contributed by atoms with E-state index in [9.17, 15) is 9.59 Å². The molecule has 8 heteroatoms. The third-order valence-electron chi connectivity index (χ3n) is 2.22. The Balaban J connectivity index is 2.08. The van der Waals surface area contributed by atoms with Gasteiger partial charge >= 0.3 is 5.69 Å². The molecular formula is C10H6N4O3S. The first kappa shape index (κ1) is 10.7. The van der Waals surface area contributed by atoms with Crippen molar-refractivity contribution in [2.75, 3.05) is 0 Å². The van der Waals surface area contributed by atoms with Gasteiger partial charge < -0.3 is 9.51 Å². The summed E-state index contributed by atoms with van der Waals surface area (Å²) in [6.07, 6.45) is 1.24. The minimum absolute atomic E-state index is 0.0656. The predicted octanol–water partition coefficient (Wildman–Crippen LogP) is 0.842. The van der Waals surface area contributed by atoms with E-state index in [0.29, 0.717) is 5.82 Å². The van der Waals surface area contributed by atoms with Crippen molar-refractivity contribution in [3.8, 4) is 22.2 Å². The van der Waals surface area contributed by atoms with Crippen LogP contribution in [0.1, 0.15) is 0 Å². The fourth-order valence-corrected chi connectivity index (χ4v) is 2.06. The monoisotopic (exact) mass is 262 g/mol. The molecule has 0 atom stereocenters. The zero-order valence-electron chi connectivity index (χ0n) is 8.84. The SMILES string of the molecule is O=c1[nH]cc(-c2nc(-c3cccs3)no2)c(=O)[nH]1. The smallest absolute Gasteiger partial charge is 0.325 e. The second kappa shape index (κ2) is 4.08. The van der Waals surface area contributed by atoms with Crippen LogP contribution in [0.15, 0.2) is 37.8 Å². The number of H-pyrrole nitrogens is 2. The highest BCUT2D eigenvalue weighted by molar-refractivity contribution is 7.13. The van der Waals surface area contributed by atoms with Gasteiger partial charge in [0, 0.05) is 6.20 Å². The summed E-state index contributed by atoms with van der Waals surface area (Å²) in [5.41, 5.74) is -1.02. The standard InChI is InChI=1S/C10H6N4O3S/c15-8-5(4-11-10(16)13-8)9-12-7(14-17-9)6-2-1-3-18-6/h1-4H,(H2,11,13,15,16). The van der Waals surface area contributed by atoms with Crippen LogP contribution in [0.3, 0.4) is 0 Å². The maximum absolute atomic E-state index is 11.5. The Labute approximate surface area is 103 Å². The Morgan fingerprint density at radius 2 is 2.22 bits per heavy atom. The lowest BCUT2D eigenvalue weighted by Crippen LogP contribution is -2.22. The summed E-state index contributed by atoms with van der Waals surface area (Å²) in [5.74, 6) is 0.474. The third kappa shape index (κ3) is 1.78. The maximum atomic E-state index is 11.5. The third-order valence-corrected chi connectivity index (χ3v) is 3.08. The molecule has 7 nitrogen and oxygen atoms in total. The molecule has 0 unspecified atom stereocenters. The molecule has 0 radical (unpaired) electrons. The molecule has 3 aromatic rings. The van der Waals surface area contributed by atoms with Gasteiger partial charge in [0.15, 0.2) is 0 Å². The molecule has 90 valence electrons. The van der Waals surface area contributed by atoms with Crippen molar-refractivity contribution in [1.82, 2.24) is 20.1 Å². The molecule has 3 rings (SSSR count). The van der Waals surface area contributed by atoms with Crippen molar-refractivity contribution in [3.05, 3.63) is 44.5 Å². The number of hydrogen-bond donors (Lipinski definition) is 2. The fourth-order valence-electron chi connectivity index (χ4n) is 1.41. The van der Waals surface area contributed by atoms with Crippen molar-refractivity contribution in [2.24, 2.45) is 0 Å². The molecule has 0 fully saturated rings. The molecule has 3 aromatic heterocycles. The maximum Gasteiger partial charge on any atom is 0.325 e. The molecular weight excluding hydrogens is 256 g/mol. The highest BCUT2D eigenvalue weighted by Gasteiger charge is 2.14. The van der Waals surface area contributed by atoms with Gasteiger partial charge in [0.25, 0.3) is 11.4 Å². The second-order valence-electron chi connectivity index (χ2n) is 3.39. The largest absolute Gasteiger partial charge is 0.333 e. The van der Waals surface area contributed by atoms with Crippen LogP contribution in [0.5, 0.6) is 0 Å². The van der Waals surface area contributed by atoms with Gasteiger partial charge in [-0.05, 0) is 11.4 Å². The van der Waals surface area contributed by atoms with Crippen molar-refractivity contribution >= 4 is 11.3 Å². The van der Waals surface area contributed by atoms with E-state index in [1.807, 2.05) is 17.5 Å². The minimum atomic E-state index is -0.582. The molecule has 0 aliphatic rings. The first-order valence-corrected chi connectivity index (χ1v) is 5.82. The Bertz CT molecular complexity index is 784. The topological polar surface area (TPSA) is 105 Å². The molecule has 0 amide bonds. The minimum Gasteiger partial charge on any atom is -0.333 e. The fraction of sp³-hybridized carbons (Fsp3) is 0. The summed E-state index contributed by atoms with van der Waals surface area (Å²) >= 11 is 1.46. The van der Waals surface area contributed by atoms with Crippen LogP contribution in [-0.4, -0.2) is 20.1 Å². The molecule has 0 aliphatic carbocycles. The summed E-state index contributed by atoms with van der Waals surface area (Å²) in [5, 5.41) is 5.67. The lowest BCUT2D eigenvalue weighted by atomic mass is 10.3.